The average Bonchev–Trinajstić information content (AvgIpc) is 3.44. The van der Waals surface area contributed by atoms with Crippen molar-refractivity contribution in [3.8, 4) is 5.75 Å². The number of pyridine rings is 1. The summed E-state index contributed by atoms with van der Waals surface area (Å²) in [5.74, 6) is -5.57. The lowest BCUT2D eigenvalue weighted by Gasteiger charge is -2.25. The molecule has 2 aliphatic rings. The Kier molecular flexibility index (Phi) is 5.11. The molecule has 0 amide bonds. The second-order valence-electron chi connectivity index (χ2n) is 7.95. The fourth-order valence-corrected chi connectivity index (χ4v) is 4.33. The second kappa shape index (κ2) is 7.40. The molecule has 1 saturated carbocycles. The van der Waals surface area contributed by atoms with E-state index >= 15 is 4.39 Å². The fraction of sp³-hybridized carbons (Fsp3) is 0.500. The highest BCUT2D eigenvalue weighted by molar-refractivity contribution is 5.97. The van der Waals surface area contributed by atoms with Crippen LogP contribution >= 0.6 is 0 Å². The predicted octanol–water partition coefficient (Wildman–Crippen LogP) is 2.79. The first-order valence-electron chi connectivity index (χ1n) is 9.69. The smallest absolute Gasteiger partial charge is 0.393 e. The van der Waals surface area contributed by atoms with Crippen molar-refractivity contribution in [3.63, 3.8) is 0 Å². The van der Waals surface area contributed by atoms with Gasteiger partial charge in [0, 0.05) is 37.9 Å². The summed E-state index contributed by atoms with van der Waals surface area (Å²) in [6, 6.07) is 0.732. The van der Waals surface area contributed by atoms with Crippen molar-refractivity contribution in [3.05, 3.63) is 33.9 Å². The standard InChI is InChI=1S/C20H20F4N2O5/c1-31-18-15-11(17(28)12(19(29)30)6-26(15)10-2-3-10)4-14(21)16(18)25-5-9(8-27)13(7-25)20(22,23)24/h4,6,9-10,13,27H,2-3,5,7-8H2,1H3,(H,29,30)/t9-,13+/m0/s1. The molecular weight excluding hydrogens is 424 g/mol. The van der Waals surface area contributed by atoms with Crippen molar-refractivity contribution >= 4 is 22.6 Å². The van der Waals surface area contributed by atoms with Crippen molar-refractivity contribution < 1.29 is 37.3 Å². The quantitative estimate of drug-likeness (QED) is 0.690. The molecule has 0 spiro atoms. The first-order chi connectivity index (χ1) is 14.6. The Labute approximate surface area is 173 Å². The van der Waals surface area contributed by atoms with E-state index in [1.807, 2.05) is 0 Å². The van der Waals surface area contributed by atoms with E-state index in [0.29, 0.717) is 12.8 Å². The number of ether oxygens (including phenoxy) is 1. The molecule has 168 valence electrons. The number of nitrogens with zero attached hydrogens (tertiary/aromatic N) is 2. The average molecular weight is 444 g/mol. The summed E-state index contributed by atoms with van der Waals surface area (Å²) < 4.78 is 62.3. The third-order valence-electron chi connectivity index (χ3n) is 5.99. The number of carbonyl (C=O) groups is 1. The zero-order chi connectivity index (χ0) is 22.7. The summed E-state index contributed by atoms with van der Waals surface area (Å²) in [5.41, 5.74) is -1.51. The number of hydrogen-bond acceptors (Lipinski definition) is 5. The molecule has 31 heavy (non-hydrogen) atoms. The van der Waals surface area contributed by atoms with E-state index in [2.05, 4.69) is 0 Å². The molecule has 1 aliphatic carbocycles. The maximum absolute atomic E-state index is 15.2. The Morgan fingerprint density at radius 3 is 2.45 bits per heavy atom. The molecule has 0 bridgehead atoms. The number of halogens is 4. The van der Waals surface area contributed by atoms with Crippen LogP contribution in [0.15, 0.2) is 17.1 Å². The highest BCUT2D eigenvalue weighted by Crippen LogP contribution is 2.46. The Morgan fingerprint density at radius 1 is 1.29 bits per heavy atom. The molecule has 2 heterocycles. The van der Waals surface area contributed by atoms with Gasteiger partial charge in [-0.1, -0.05) is 0 Å². The van der Waals surface area contributed by atoms with Crippen LogP contribution in [0.5, 0.6) is 5.75 Å². The van der Waals surface area contributed by atoms with E-state index in [1.165, 1.54) is 22.8 Å². The Morgan fingerprint density at radius 2 is 1.97 bits per heavy atom. The SMILES string of the molecule is COc1c(N2C[C@@H](CO)[C@H](C(F)(F)F)C2)c(F)cc2c(=O)c(C(=O)O)cn(C3CC3)c12. The number of aromatic carboxylic acids is 1. The van der Waals surface area contributed by atoms with Crippen molar-refractivity contribution in [1.29, 1.82) is 0 Å². The number of carboxylic acid groups (broad SMARTS) is 1. The number of aromatic nitrogens is 1. The third-order valence-corrected chi connectivity index (χ3v) is 5.99. The predicted molar refractivity (Wildman–Crippen MR) is 102 cm³/mol. The van der Waals surface area contributed by atoms with Gasteiger partial charge in [-0.2, -0.15) is 13.2 Å². The summed E-state index contributed by atoms with van der Waals surface area (Å²) >= 11 is 0. The number of benzene rings is 1. The van der Waals surface area contributed by atoms with E-state index in [0.717, 1.165) is 6.07 Å². The number of rotatable bonds is 5. The van der Waals surface area contributed by atoms with Gasteiger partial charge in [0.05, 0.1) is 23.9 Å². The maximum Gasteiger partial charge on any atom is 0.393 e. The van der Waals surface area contributed by atoms with Gasteiger partial charge in [-0.05, 0) is 18.9 Å². The van der Waals surface area contributed by atoms with E-state index in [4.69, 9.17) is 4.74 Å². The van der Waals surface area contributed by atoms with Crippen LogP contribution in [0.25, 0.3) is 10.9 Å². The lowest BCUT2D eigenvalue weighted by molar-refractivity contribution is -0.181. The van der Waals surface area contributed by atoms with Gasteiger partial charge >= 0.3 is 12.1 Å². The van der Waals surface area contributed by atoms with Gasteiger partial charge in [-0.15, -0.1) is 0 Å². The van der Waals surface area contributed by atoms with E-state index in [-0.39, 0.29) is 34.9 Å². The van der Waals surface area contributed by atoms with Crippen LogP contribution < -0.4 is 15.1 Å². The number of hydrogen-bond donors (Lipinski definition) is 2. The Balaban J connectivity index is 1.95. The van der Waals surface area contributed by atoms with Crippen LogP contribution in [0.1, 0.15) is 29.2 Å². The first kappa shape index (κ1) is 21.4. The number of anilines is 1. The van der Waals surface area contributed by atoms with Gasteiger partial charge in [0.25, 0.3) is 0 Å². The van der Waals surface area contributed by atoms with Crippen LogP contribution in [-0.2, 0) is 0 Å². The van der Waals surface area contributed by atoms with Gasteiger partial charge in [-0.3, -0.25) is 4.79 Å². The largest absolute Gasteiger partial charge is 0.492 e. The minimum Gasteiger partial charge on any atom is -0.492 e. The zero-order valence-electron chi connectivity index (χ0n) is 16.4. The molecule has 2 N–H and O–H groups in total. The van der Waals surface area contributed by atoms with Crippen LogP contribution in [0.2, 0.25) is 0 Å². The number of fused-ring (bicyclic) bond motifs is 1. The van der Waals surface area contributed by atoms with Crippen LogP contribution in [0, 0.1) is 17.7 Å². The second-order valence-corrected chi connectivity index (χ2v) is 7.95. The number of aliphatic hydroxyl groups excluding tert-OH is 1. The molecule has 0 unspecified atom stereocenters. The number of carboxylic acids is 1. The topological polar surface area (TPSA) is 92.0 Å². The molecule has 4 rings (SSSR count). The summed E-state index contributed by atoms with van der Waals surface area (Å²) in [5, 5.41) is 18.6. The molecule has 7 nitrogen and oxygen atoms in total. The highest BCUT2D eigenvalue weighted by atomic mass is 19.4. The molecule has 11 heteroatoms. The summed E-state index contributed by atoms with van der Waals surface area (Å²) in [4.78, 5) is 25.4. The Hall–Kier alpha value is -2.82. The summed E-state index contributed by atoms with van der Waals surface area (Å²) in [6.45, 7) is -1.54. The van der Waals surface area contributed by atoms with Gasteiger partial charge in [-0.25, -0.2) is 9.18 Å². The molecular formula is C20H20F4N2O5. The van der Waals surface area contributed by atoms with E-state index in [9.17, 15) is 33.0 Å². The van der Waals surface area contributed by atoms with Crippen LogP contribution in [0.3, 0.4) is 0 Å². The number of alkyl halides is 3. The normalized spacial score (nSPS) is 21.7. The number of methoxy groups -OCH3 is 1. The molecule has 1 aromatic carbocycles. The van der Waals surface area contributed by atoms with Gasteiger partial charge < -0.3 is 24.4 Å². The molecule has 2 aromatic rings. The highest BCUT2D eigenvalue weighted by Gasteiger charge is 2.50. The van der Waals surface area contributed by atoms with Crippen molar-refractivity contribution in [1.82, 2.24) is 4.57 Å². The molecule has 1 aromatic heterocycles. The van der Waals surface area contributed by atoms with Gasteiger partial charge in [0.15, 0.2) is 11.6 Å². The Bertz CT molecular complexity index is 1110. The van der Waals surface area contributed by atoms with Crippen molar-refractivity contribution in [2.75, 3.05) is 31.7 Å². The minimum atomic E-state index is -4.57. The molecule has 1 saturated heterocycles. The van der Waals surface area contributed by atoms with Gasteiger partial charge in [0.2, 0.25) is 5.43 Å². The van der Waals surface area contributed by atoms with Crippen molar-refractivity contribution in [2.24, 2.45) is 11.8 Å². The molecule has 2 fully saturated rings. The monoisotopic (exact) mass is 444 g/mol. The minimum absolute atomic E-state index is 0.125. The van der Waals surface area contributed by atoms with Crippen LogP contribution in [-0.4, -0.2) is 53.7 Å². The van der Waals surface area contributed by atoms with E-state index < -0.39 is 53.9 Å². The summed E-state index contributed by atoms with van der Waals surface area (Å²) in [7, 11) is 1.21. The van der Waals surface area contributed by atoms with Crippen molar-refractivity contribution in [2.45, 2.75) is 25.1 Å². The maximum atomic E-state index is 15.2. The molecule has 1 aliphatic heterocycles. The molecule has 0 radical (unpaired) electrons. The first-order valence-corrected chi connectivity index (χ1v) is 9.69. The van der Waals surface area contributed by atoms with E-state index in [1.54, 1.807) is 0 Å². The lowest BCUT2D eigenvalue weighted by atomic mass is 9.97. The van der Waals surface area contributed by atoms with Gasteiger partial charge in [0.1, 0.15) is 11.3 Å². The fourth-order valence-electron chi connectivity index (χ4n) is 4.33. The lowest BCUT2D eigenvalue weighted by Crippen LogP contribution is -2.31. The molecule has 2 atom stereocenters. The third kappa shape index (κ3) is 3.50. The number of aliphatic hydroxyl groups is 1. The zero-order valence-corrected chi connectivity index (χ0v) is 16.4. The summed E-state index contributed by atoms with van der Waals surface area (Å²) in [6.07, 6.45) is -1.98. The van der Waals surface area contributed by atoms with Crippen LogP contribution in [0.4, 0.5) is 23.2 Å².